The van der Waals surface area contributed by atoms with Crippen LogP contribution in [0.3, 0.4) is 0 Å². The largest absolute Gasteiger partial charge is 0.420 e. The minimum absolute atomic E-state index is 0.517. The molecule has 0 spiro atoms. The highest BCUT2D eigenvalue weighted by Crippen LogP contribution is 2.32. The quantitative estimate of drug-likeness (QED) is 0.710. The molecule has 1 unspecified atom stereocenters. The number of nitrogens with zero attached hydrogens (tertiary/aromatic N) is 2. The van der Waals surface area contributed by atoms with E-state index < -0.39 is 27.8 Å². The van der Waals surface area contributed by atoms with Crippen LogP contribution in [-0.2, 0) is 24.3 Å². The summed E-state index contributed by atoms with van der Waals surface area (Å²) in [6.45, 7) is 0. The molecule has 4 nitrogen and oxygen atoms in total. The van der Waals surface area contributed by atoms with Crippen molar-refractivity contribution in [1.82, 2.24) is 9.78 Å². The Morgan fingerprint density at radius 2 is 2.15 bits per heavy atom. The van der Waals surface area contributed by atoms with Gasteiger partial charge in [-0.3, -0.25) is 4.68 Å². The molecule has 0 aliphatic rings. The molecular formula is C5H5F3N2O2S. The van der Waals surface area contributed by atoms with Crippen LogP contribution in [0.5, 0.6) is 0 Å². The van der Waals surface area contributed by atoms with Gasteiger partial charge in [-0.05, 0) is 0 Å². The van der Waals surface area contributed by atoms with Gasteiger partial charge >= 0.3 is 6.18 Å². The number of aryl methyl sites for hydroxylation is 1. The molecule has 0 radical (unpaired) electrons. The van der Waals surface area contributed by atoms with Crippen molar-refractivity contribution < 1.29 is 21.9 Å². The smallest absolute Gasteiger partial charge is 0.301 e. The van der Waals surface area contributed by atoms with Crippen molar-refractivity contribution in [1.29, 1.82) is 0 Å². The Kier molecular flexibility index (Phi) is 2.44. The lowest BCUT2D eigenvalue weighted by molar-refractivity contribution is -0.140. The van der Waals surface area contributed by atoms with E-state index in [4.69, 9.17) is 4.55 Å². The van der Waals surface area contributed by atoms with Crippen molar-refractivity contribution >= 4 is 11.1 Å². The van der Waals surface area contributed by atoms with Crippen molar-refractivity contribution in [2.24, 2.45) is 7.05 Å². The highest BCUT2D eigenvalue weighted by atomic mass is 32.2. The molecule has 0 bridgehead atoms. The van der Waals surface area contributed by atoms with Crippen LogP contribution in [0.1, 0.15) is 5.56 Å². The average Bonchev–Trinajstić information content (AvgIpc) is 2.28. The molecular weight excluding hydrogens is 209 g/mol. The van der Waals surface area contributed by atoms with Gasteiger partial charge in [0.25, 0.3) is 0 Å². The first kappa shape index (κ1) is 10.2. The molecule has 0 amide bonds. The van der Waals surface area contributed by atoms with E-state index in [2.05, 4.69) is 5.10 Å². The zero-order valence-electron chi connectivity index (χ0n) is 6.37. The standard InChI is InChI=1S/C5H5F3N2O2S/c1-10-4(13(11)12)3(2-9-10)5(6,7)8/h2H,1H3,(H,11,12). The fourth-order valence-corrected chi connectivity index (χ4v) is 1.46. The van der Waals surface area contributed by atoms with Gasteiger partial charge < -0.3 is 4.55 Å². The van der Waals surface area contributed by atoms with Crippen LogP contribution in [-0.4, -0.2) is 18.5 Å². The minimum Gasteiger partial charge on any atom is -0.301 e. The predicted octanol–water partition coefficient (Wildman–Crippen LogP) is 1.02. The number of halogens is 3. The van der Waals surface area contributed by atoms with Crippen LogP contribution in [0.4, 0.5) is 13.2 Å². The van der Waals surface area contributed by atoms with Crippen molar-refractivity contribution in [2.75, 3.05) is 0 Å². The van der Waals surface area contributed by atoms with E-state index in [1.54, 1.807) is 0 Å². The van der Waals surface area contributed by atoms with Gasteiger partial charge in [-0.15, -0.1) is 0 Å². The van der Waals surface area contributed by atoms with Gasteiger partial charge in [0.15, 0.2) is 5.03 Å². The van der Waals surface area contributed by atoms with Gasteiger partial charge in [-0.1, -0.05) is 0 Å². The average molecular weight is 214 g/mol. The van der Waals surface area contributed by atoms with E-state index in [1.807, 2.05) is 0 Å². The van der Waals surface area contributed by atoms with Gasteiger partial charge in [0.2, 0.25) is 11.1 Å². The summed E-state index contributed by atoms with van der Waals surface area (Å²) in [5.74, 6) is 0. The summed E-state index contributed by atoms with van der Waals surface area (Å²) >= 11 is -2.69. The van der Waals surface area contributed by atoms with Gasteiger partial charge in [0, 0.05) is 7.05 Å². The van der Waals surface area contributed by atoms with E-state index in [0.717, 1.165) is 4.68 Å². The van der Waals surface area contributed by atoms with Crippen molar-refractivity contribution in [3.8, 4) is 0 Å². The maximum atomic E-state index is 12.1. The SMILES string of the molecule is Cn1ncc(C(F)(F)F)c1S(=O)O. The normalized spacial score (nSPS) is 14.5. The molecule has 0 aromatic carbocycles. The maximum Gasteiger partial charge on any atom is 0.420 e. The second-order valence-electron chi connectivity index (χ2n) is 2.23. The van der Waals surface area contributed by atoms with Crippen molar-refractivity contribution in [2.45, 2.75) is 11.2 Å². The molecule has 1 rings (SSSR count). The number of aromatic nitrogens is 2. The highest BCUT2D eigenvalue weighted by Gasteiger charge is 2.37. The third-order valence-corrected chi connectivity index (χ3v) is 2.17. The summed E-state index contributed by atoms with van der Waals surface area (Å²) in [6, 6.07) is 0. The Morgan fingerprint density at radius 1 is 1.62 bits per heavy atom. The topological polar surface area (TPSA) is 55.1 Å². The van der Waals surface area contributed by atoms with Crippen LogP contribution in [0.15, 0.2) is 11.2 Å². The molecule has 1 aromatic heterocycles. The zero-order valence-corrected chi connectivity index (χ0v) is 7.19. The zero-order chi connectivity index (χ0) is 10.2. The van der Waals surface area contributed by atoms with Gasteiger partial charge in [0.1, 0.15) is 5.56 Å². The molecule has 1 aromatic rings. The lowest BCUT2D eigenvalue weighted by Crippen LogP contribution is -2.10. The van der Waals surface area contributed by atoms with E-state index in [0.29, 0.717) is 6.20 Å². The summed E-state index contributed by atoms with van der Waals surface area (Å²) in [5.41, 5.74) is -1.18. The third-order valence-electron chi connectivity index (χ3n) is 1.36. The predicted molar refractivity (Wildman–Crippen MR) is 37.2 cm³/mol. The van der Waals surface area contributed by atoms with Crippen LogP contribution < -0.4 is 0 Å². The van der Waals surface area contributed by atoms with Gasteiger partial charge in [0.05, 0.1) is 6.20 Å². The molecule has 1 N–H and O–H groups in total. The summed E-state index contributed by atoms with van der Waals surface area (Å²) in [7, 11) is 1.17. The molecule has 8 heteroatoms. The van der Waals surface area contributed by atoms with Gasteiger partial charge in [-0.2, -0.15) is 18.3 Å². The van der Waals surface area contributed by atoms with Crippen LogP contribution in [0.2, 0.25) is 0 Å². The summed E-state index contributed by atoms with van der Waals surface area (Å²) in [5, 5.41) is 2.50. The van der Waals surface area contributed by atoms with Crippen LogP contribution in [0, 0.1) is 0 Å². The Hall–Kier alpha value is -0.890. The number of rotatable bonds is 1. The van der Waals surface area contributed by atoms with E-state index in [9.17, 15) is 17.4 Å². The summed E-state index contributed by atoms with van der Waals surface area (Å²) in [6.07, 6.45) is -4.13. The number of alkyl halides is 3. The lowest BCUT2D eigenvalue weighted by atomic mass is 10.3. The van der Waals surface area contributed by atoms with Crippen LogP contribution >= 0.6 is 0 Å². The lowest BCUT2D eigenvalue weighted by Gasteiger charge is -2.04. The van der Waals surface area contributed by atoms with Crippen molar-refractivity contribution in [3.05, 3.63) is 11.8 Å². The summed E-state index contributed by atoms with van der Waals surface area (Å²) < 4.78 is 56.1. The van der Waals surface area contributed by atoms with Crippen LogP contribution in [0.25, 0.3) is 0 Å². The maximum absolute atomic E-state index is 12.1. The third kappa shape index (κ3) is 1.89. The first-order chi connectivity index (χ1) is 5.84. The Morgan fingerprint density at radius 3 is 2.46 bits per heavy atom. The second-order valence-corrected chi connectivity index (χ2v) is 3.12. The molecule has 0 saturated carbocycles. The van der Waals surface area contributed by atoms with Gasteiger partial charge in [-0.25, -0.2) is 4.21 Å². The molecule has 1 heterocycles. The Balaban J connectivity index is 3.31. The first-order valence-electron chi connectivity index (χ1n) is 3.04. The molecule has 74 valence electrons. The summed E-state index contributed by atoms with van der Waals surface area (Å²) in [4.78, 5) is 0. The molecule has 0 aliphatic heterocycles. The van der Waals surface area contributed by atoms with E-state index in [1.165, 1.54) is 7.05 Å². The molecule has 0 aliphatic carbocycles. The van der Waals surface area contributed by atoms with Crippen molar-refractivity contribution in [3.63, 3.8) is 0 Å². The van der Waals surface area contributed by atoms with E-state index in [-0.39, 0.29) is 0 Å². The molecule has 0 fully saturated rings. The fourth-order valence-electron chi connectivity index (χ4n) is 0.828. The number of hydrogen-bond acceptors (Lipinski definition) is 2. The Bertz CT molecular complexity index is 346. The minimum atomic E-state index is -4.65. The van der Waals surface area contributed by atoms with E-state index >= 15 is 0 Å². The fraction of sp³-hybridized carbons (Fsp3) is 0.400. The second kappa shape index (κ2) is 3.11. The molecule has 13 heavy (non-hydrogen) atoms. The molecule has 0 saturated heterocycles. The first-order valence-corrected chi connectivity index (χ1v) is 4.14. The highest BCUT2D eigenvalue weighted by molar-refractivity contribution is 7.79. The number of hydrogen-bond donors (Lipinski definition) is 1. The monoisotopic (exact) mass is 214 g/mol. The Labute approximate surface area is 73.6 Å². The molecule has 1 atom stereocenters.